The minimum Gasteiger partial charge on any atom is -0.382 e. The lowest BCUT2D eigenvalue weighted by Crippen LogP contribution is -2.19. The summed E-state index contributed by atoms with van der Waals surface area (Å²) < 4.78 is 0. The van der Waals surface area contributed by atoms with Gasteiger partial charge in [-0.2, -0.15) is 0 Å². The van der Waals surface area contributed by atoms with E-state index in [0.29, 0.717) is 6.04 Å². The van der Waals surface area contributed by atoms with Gasteiger partial charge in [0.2, 0.25) is 0 Å². The van der Waals surface area contributed by atoms with Crippen molar-refractivity contribution in [3.8, 4) is 0 Å². The minimum absolute atomic E-state index is 0.686. The van der Waals surface area contributed by atoms with Gasteiger partial charge >= 0.3 is 0 Å². The molecule has 0 spiro atoms. The third-order valence-electron chi connectivity index (χ3n) is 4.74. The molecule has 1 saturated heterocycles. The van der Waals surface area contributed by atoms with Crippen LogP contribution >= 0.6 is 0 Å². The SMILES string of the molecule is Cc1cc(N2CCCC2)ccc1NC1CCC(C)C1. The number of hydrogen-bond donors (Lipinski definition) is 1. The normalized spacial score (nSPS) is 26.9. The van der Waals surface area contributed by atoms with E-state index >= 15 is 0 Å². The van der Waals surface area contributed by atoms with Gasteiger partial charge in [0, 0.05) is 30.5 Å². The lowest BCUT2D eigenvalue weighted by Gasteiger charge is -2.21. The van der Waals surface area contributed by atoms with Gasteiger partial charge < -0.3 is 10.2 Å². The fraction of sp³-hybridized carbons (Fsp3) is 0.647. The molecule has 2 heteroatoms. The Morgan fingerprint density at radius 3 is 2.58 bits per heavy atom. The molecule has 1 N–H and O–H groups in total. The maximum Gasteiger partial charge on any atom is 0.0373 e. The van der Waals surface area contributed by atoms with Crippen LogP contribution in [0.15, 0.2) is 18.2 Å². The Balaban J connectivity index is 1.69. The van der Waals surface area contributed by atoms with Crippen LogP contribution in [0.4, 0.5) is 11.4 Å². The molecule has 2 unspecified atom stereocenters. The first-order chi connectivity index (χ1) is 9.22. The van der Waals surface area contributed by atoms with Crippen LogP contribution in [0.5, 0.6) is 0 Å². The molecule has 2 nitrogen and oxygen atoms in total. The van der Waals surface area contributed by atoms with Crippen LogP contribution in [0.25, 0.3) is 0 Å². The summed E-state index contributed by atoms with van der Waals surface area (Å²) >= 11 is 0. The van der Waals surface area contributed by atoms with Gasteiger partial charge in [-0.05, 0) is 68.7 Å². The summed E-state index contributed by atoms with van der Waals surface area (Å²) in [6, 6.07) is 7.61. The summed E-state index contributed by atoms with van der Waals surface area (Å²) in [6.45, 7) is 7.06. The quantitative estimate of drug-likeness (QED) is 0.874. The van der Waals surface area contributed by atoms with Gasteiger partial charge in [-0.15, -0.1) is 0 Å². The van der Waals surface area contributed by atoms with Crippen molar-refractivity contribution in [1.82, 2.24) is 0 Å². The highest BCUT2D eigenvalue weighted by Crippen LogP contribution is 2.30. The standard InChI is InChI=1S/C17H26N2/c1-13-5-6-15(11-13)18-17-8-7-16(12-14(17)2)19-9-3-4-10-19/h7-8,12-13,15,18H,3-6,9-11H2,1-2H3. The summed E-state index contributed by atoms with van der Waals surface area (Å²) in [4.78, 5) is 2.51. The van der Waals surface area contributed by atoms with Crippen molar-refractivity contribution >= 4 is 11.4 Å². The molecule has 1 aromatic carbocycles. The van der Waals surface area contributed by atoms with Crippen LogP contribution in [0.3, 0.4) is 0 Å². The van der Waals surface area contributed by atoms with Crippen LogP contribution < -0.4 is 10.2 Å². The largest absolute Gasteiger partial charge is 0.382 e. The lowest BCUT2D eigenvalue weighted by molar-refractivity contribution is 0.602. The molecule has 1 aliphatic carbocycles. The van der Waals surface area contributed by atoms with Gasteiger partial charge in [0.15, 0.2) is 0 Å². The monoisotopic (exact) mass is 258 g/mol. The molecule has 2 atom stereocenters. The Morgan fingerprint density at radius 2 is 1.95 bits per heavy atom. The Bertz CT molecular complexity index is 435. The molecule has 19 heavy (non-hydrogen) atoms. The average molecular weight is 258 g/mol. The number of nitrogens with one attached hydrogen (secondary N) is 1. The molecule has 0 amide bonds. The van der Waals surface area contributed by atoms with Crippen LogP contribution in [0, 0.1) is 12.8 Å². The van der Waals surface area contributed by atoms with E-state index in [2.05, 4.69) is 42.3 Å². The first-order valence-corrected chi connectivity index (χ1v) is 7.84. The Morgan fingerprint density at radius 1 is 1.16 bits per heavy atom. The summed E-state index contributed by atoms with van der Waals surface area (Å²) in [7, 11) is 0. The van der Waals surface area contributed by atoms with E-state index in [-0.39, 0.29) is 0 Å². The van der Waals surface area contributed by atoms with E-state index in [0.717, 1.165) is 5.92 Å². The Kier molecular flexibility index (Phi) is 3.67. The van der Waals surface area contributed by atoms with E-state index < -0.39 is 0 Å². The third kappa shape index (κ3) is 2.88. The molecule has 104 valence electrons. The fourth-order valence-corrected chi connectivity index (χ4v) is 3.54. The first-order valence-electron chi connectivity index (χ1n) is 7.84. The number of hydrogen-bond acceptors (Lipinski definition) is 2. The second kappa shape index (κ2) is 5.44. The maximum atomic E-state index is 3.74. The van der Waals surface area contributed by atoms with Crippen LogP contribution in [-0.2, 0) is 0 Å². The molecule has 1 aromatic rings. The van der Waals surface area contributed by atoms with Gasteiger partial charge in [0.05, 0.1) is 0 Å². The molecule has 0 radical (unpaired) electrons. The van der Waals surface area contributed by atoms with Crippen LogP contribution in [0.2, 0.25) is 0 Å². The van der Waals surface area contributed by atoms with E-state index in [1.807, 2.05) is 0 Å². The van der Waals surface area contributed by atoms with Crippen molar-refractivity contribution in [3.05, 3.63) is 23.8 Å². The topological polar surface area (TPSA) is 15.3 Å². The predicted molar refractivity (Wildman–Crippen MR) is 83.1 cm³/mol. The molecular formula is C17H26N2. The van der Waals surface area contributed by atoms with Gasteiger partial charge in [0.25, 0.3) is 0 Å². The molecule has 2 fully saturated rings. The van der Waals surface area contributed by atoms with Gasteiger partial charge in [0.1, 0.15) is 0 Å². The Labute approximate surface area is 117 Å². The zero-order valence-electron chi connectivity index (χ0n) is 12.3. The highest BCUT2D eigenvalue weighted by Gasteiger charge is 2.21. The molecule has 2 aliphatic rings. The average Bonchev–Trinajstić information content (AvgIpc) is 3.03. The molecular weight excluding hydrogens is 232 g/mol. The molecule has 1 aliphatic heterocycles. The lowest BCUT2D eigenvalue weighted by atomic mass is 10.1. The smallest absolute Gasteiger partial charge is 0.0373 e. The number of benzene rings is 1. The van der Waals surface area contributed by atoms with Crippen molar-refractivity contribution in [2.75, 3.05) is 23.3 Å². The molecule has 0 aromatic heterocycles. The van der Waals surface area contributed by atoms with Crippen molar-refractivity contribution in [3.63, 3.8) is 0 Å². The van der Waals surface area contributed by atoms with Crippen molar-refractivity contribution in [1.29, 1.82) is 0 Å². The molecule has 0 bridgehead atoms. The summed E-state index contributed by atoms with van der Waals surface area (Å²) in [5, 5.41) is 3.74. The van der Waals surface area contributed by atoms with Crippen LogP contribution in [-0.4, -0.2) is 19.1 Å². The van der Waals surface area contributed by atoms with Crippen LogP contribution in [0.1, 0.15) is 44.6 Å². The highest BCUT2D eigenvalue weighted by molar-refractivity contribution is 5.61. The fourth-order valence-electron chi connectivity index (χ4n) is 3.54. The zero-order valence-corrected chi connectivity index (χ0v) is 12.3. The van der Waals surface area contributed by atoms with E-state index in [1.54, 1.807) is 0 Å². The van der Waals surface area contributed by atoms with Crippen molar-refractivity contribution in [2.45, 2.75) is 52.0 Å². The van der Waals surface area contributed by atoms with E-state index in [9.17, 15) is 0 Å². The number of nitrogens with zero attached hydrogens (tertiary/aromatic N) is 1. The number of rotatable bonds is 3. The highest BCUT2D eigenvalue weighted by atomic mass is 15.1. The summed E-state index contributed by atoms with van der Waals surface area (Å²) in [5.74, 6) is 0.890. The van der Waals surface area contributed by atoms with E-state index in [1.165, 1.54) is 62.1 Å². The number of aryl methyl sites for hydroxylation is 1. The minimum atomic E-state index is 0.686. The summed E-state index contributed by atoms with van der Waals surface area (Å²) in [6.07, 6.45) is 6.72. The third-order valence-corrected chi connectivity index (χ3v) is 4.74. The number of anilines is 2. The van der Waals surface area contributed by atoms with Gasteiger partial charge in [-0.25, -0.2) is 0 Å². The van der Waals surface area contributed by atoms with E-state index in [4.69, 9.17) is 0 Å². The van der Waals surface area contributed by atoms with Gasteiger partial charge in [-0.3, -0.25) is 0 Å². The first kappa shape index (κ1) is 12.8. The molecule has 1 saturated carbocycles. The molecule has 3 rings (SSSR count). The Hall–Kier alpha value is -1.18. The predicted octanol–water partition coefficient (Wildman–Crippen LogP) is 4.20. The zero-order chi connectivity index (χ0) is 13.2. The van der Waals surface area contributed by atoms with Crippen molar-refractivity contribution < 1.29 is 0 Å². The second-order valence-corrected chi connectivity index (χ2v) is 6.45. The molecule has 1 heterocycles. The maximum absolute atomic E-state index is 3.74. The van der Waals surface area contributed by atoms with Gasteiger partial charge in [-0.1, -0.05) is 6.92 Å². The summed E-state index contributed by atoms with van der Waals surface area (Å²) in [5.41, 5.74) is 4.13. The van der Waals surface area contributed by atoms with Crippen molar-refractivity contribution in [2.24, 2.45) is 5.92 Å². The second-order valence-electron chi connectivity index (χ2n) is 6.45.